The molecule has 1 fully saturated rings. The van der Waals surface area contributed by atoms with Crippen molar-refractivity contribution < 1.29 is 9.21 Å². The van der Waals surface area contributed by atoms with E-state index in [1.165, 1.54) is 30.3 Å². The summed E-state index contributed by atoms with van der Waals surface area (Å²) in [5, 5.41) is 12.2. The van der Waals surface area contributed by atoms with E-state index in [0.717, 1.165) is 41.5 Å². The lowest BCUT2D eigenvalue weighted by atomic mass is 10.1. The van der Waals surface area contributed by atoms with Gasteiger partial charge >= 0.3 is 0 Å². The molecule has 0 saturated carbocycles. The average molecular weight is 412 g/mol. The lowest BCUT2D eigenvalue weighted by Crippen LogP contribution is -2.18. The number of aromatic nitrogens is 3. The van der Waals surface area contributed by atoms with Gasteiger partial charge in [0.25, 0.3) is 0 Å². The molecule has 0 bridgehead atoms. The second kappa shape index (κ2) is 8.32. The lowest BCUT2D eigenvalue weighted by molar-refractivity contribution is -0.113. The van der Waals surface area contributed by atoms with Crippen molar-refractivity contribution in [3.05, 3.63) is 41.9 Å². The number of aryl methyl sites for hydroxylation is 2. The third-order valence-electron chi connectivity index (χ3n) is 5.22. The minimum absolute atomic E-state index is 0.0592. The molecule has 0 unspecified atom stereocenters. The van der Waals surface area contributed by atoms with Crippen LogP contribution in [0.3, 0.4) is 0 Å². The maximum atomic E-state index is 12.5. The summed E-state index contributed by atoms with van der Waals surface area (Å²) in [6, 6.07) is 8.10. The first-order valence-corrected chi connectivity index (χ1v) is 10.7. The van der Waals surface area contributed by atoms with E-state index in [0.29, 0.717) is 5.16 Å². The van der Waals surface area contributed by atoms with Crippen LogP contribution in [0.1, 0.15) is 24.2 Å². The number of carbonyl (C=O) groups is 1. The number of benzene rings is 1. The highest BCUT2D eigenvalue weighted by molar-refractivity contribution is 7.99. The third kappa shape index (κ3) is 4.17. The molecule has 7 nitrogen and oxygen atoms in total. The minimum atomic E-state index is -0.0592. The molecular weight excluding hydrogens is 386 g/mol. The standard InChI is InChI=1S/C21H25N5O2S/c1-14-12-16(26-9-4-5-10-26)6-7-18(14)22-19(27)13-29-21-24-23-20(25(21)3)17-8-11-28-15(17)2/h6-8,11-12H,4-5,9-10,13H2,1-3H3,(H,22,27). The molecular formula is C21H25N5O2S. The highest BCUT2D eigenvalue weighted by Gasteiger charge is 2.17. The summed E-state index contributed by atoms with van der Waals surface area (Å²) in [5.41, 5.74) is 4.06. The molecule has 1 amide bonds. The van der Waals surface area contributed by atoms with Crippen molar-refractivity contribution >= 4 is 29.0 Å². The molecule has 1 aromatic carbocycles. The van der Waals surface area contributed by atoms with Crippen molar-refractivity contribution in [2.45, 2.75) is 31.8 Å². The topological polar surface area (TPSA) is 76.2 Å². The predicted octanol–water partition coefficient (Wildman–Crippen LogP) is 4.02. The van der Waals surface area contributed by atoms with Gasteiger partial charge in [-0.25, -0.2) is 0 Å². The molecule has 152 valence electrons. The molecule has 0 atom stereocenters. The molecule has 4 rings (SSSR count). The van der Waals surface area contributed by atoms with E-state index < -0.39 is 0 Å². The van der Waals surface area contributed by atoms with Crippen LogP contribution in [-0.2, 0) is 11.8 Å². The van der Waals surface area contributed by atoms with Crippen molar-refractivity contribution in [2.75, 3.05) is 29.1 Å². The summed E-state index contributed by atoms with van der Waals surface area (Å²) >= 11 is 1.37. The van der Waals surface area contributed by atoms with E-state index in [9.17, 15) is 4.79 Å². The minimum Gasteiger partial charge on any atom is -0.469 e. The van der Waals surface area contributed by atoms with E-state index in [-0.39, 0.29) is 11.7 Å². The summed E-state index contributed by atoms with van der Waals surface area (Å²) in [6.07, 6.45) is 4.13. The average Bonchev–Trinajstić information content (AvgIpc) is 3.44. The number of amides is 1. The lowest BCUT2D eigenvalue weighted by Gasteiger charge is -2.19. The molecule has 1 N–H and O–H groups in total. The molecule has 3 aromatic rings. The van der Waals surface area contributed by atoms with E-state index in [2.05, 4.69) is 32.5 Å². The van der Waals surface area contributed by atoms with Crippen molar-refractivity contribution in [1.82, 2.24) is 14.8 Å². The van der Waals surface area contributed by atoms with Crippen molar-refractivity contribution in [3.8, 4) is 11.4 Å². The van der Waals surface area contributed by atoms with Crippen molar-refractivity contribution in [1.29, 1.82) is 0 Å². The smallest absolute Gasteiger partial charge is 0.234 e. The molecule has 8 heteroatoms. The van der Waals surface area contributed by atoms with Gasteiger partial charge in [-0.3, -0.25) is 4.79 Å². The first kappa shape index (κ1) is 19.6. The predicted molar refractivity (Wildman–Crippen MR) is 115 cm³/mol. The van der Waals surface area contributed by atoms with Gasteiger partial charge in [0, 0.05) is 31.5 Å². The third-order valence-corrected chi connectivity index (χ3v) is 6.24. The maximum absolute atomic E-state index is 12.5. The van der Waals surface area contributed by atoms with Crippen molar-refractivity contribution in [2.24, 2.45) is 7.05 Å². The van der Waals surface area contributed by atoms with Crippen LogP contribution in [0.25, 0.3) is 11.4 Å². The quantitative estimate of drug-likeness (QED) is 0.618. The number of anilines is 2. The van der Waals surface area contributed by atoms with Crippen LogP contribution < -0.4 is 10.2 Å². The molecule has 1 aliphatic heterocycles. The fraction of sp³-hybridized carbons (Fsp3) is 0.381. The molecule has 1 saturated heterocycles. The Morgan fingerprint density at radius 1 is 1.21 bits per heavy atom. The van der Waals surface area contributed by atoms with Crippen LogP contribution in [0.15, 0.2) is 40.1 Å². The first-order valence-electron chi connectivity index (χ1n) is 9.75. The Bertz CT molecular complexity index is 1020. The Balaban J connectivity index is 1.37. The Labute approximate surface area is 174 Å². The Hall–Kier alpha value is -2.74. The molecule has 2 aromatic heterocycles. The molecule has 0 aliphatic carbocycles. The highest BCUT2D eigenvalue weighted by Crippen LogP contribution is 2.27. The van der Waals surface area contributed by atoms with Gasteiger partial charge in [-0.05, 0) is 56.5 Å². The van der Waals surface area contributed by atoms with Crippen molar-refractivity contribution in [3.63, 3.8) is 0 Å². The molecule has 1 aliphatic rings. The molecule has 3 heterocycles. The van der Waals surface area contributed by atoms with E-state index in [4.69, 9.17) is 4.42 Å². The Kier molecular flexibility index (Phi) is 5.62. The molecule has 0 radical (unpaired) electrons. The van der Waals surface area contributed by atoms with Crippen LogP contribution in [0.4, 0.5) is 11.4 Å². The molecule has 29 heavy (non-hydrogen) atoms. The summed E-state index contributed by atoms with van der Waals surface area (Å²) in [4.78, 5) is 14.9. The van der Waals surface area contributed by atoms with Gasteiger partial charge in [-0.1, -0.05) is 11.8 Å². The van der Waals surface area contributed by atoms with Crippen LogP contribution in [-0.4, -0.2) is 39.5 Å². The summed E-state index contributed by atoms with van der Waals surface area (Å²) in [7, 11) is 1.89. The number of nitrogens with zero attached hydrogens (tertiary/aromatic N) is 4. The fourth-order valence-corrected chi connectivity index (χ4v) is 4.28. The van der Waals surface area contributed by atoms with E-state index >= 15 is 0 Å². The Morgan fingerprint density at radius 2 is 2.00 bits per heavy atom. The van der Waals surface area contributed by atoms with E-state index in [1.54, 1.807) is 6.26 Å². The maximum Gasteiger partial charge on any atom is 0.234 e. The Morgan fingerprint density at radius 3 is 2.69 bits per heavy atom. The van der Waals surface area contributed by atoms with Gasteiger partial charge in [-0.15, -0.1) is 10.2 Å². The van der Waals surface area contributed by atoms with Gasteiger partial charge in [0.1, 0.15) is 5.76 Å². The van der Waals surface area contributed by atoms with Gasteiger partial charge in [-0.2, -0.15) is 0 Å². The number of thioether (sulfide) groups is 1. The van der Waals surface area contributed by atoms with Gasteiger partial charge in [0.2, 0.25) is 5.91 Å². The number of furan rings is 1. The number of nitrogens with one attached hydrogen (secondary N) is 1. The normalized spacial score (nSPS) is 13.8. The van der Waals surface area contributed by atoms with Crippen LogP contribution in [0.2, 0.25) is 0 Å². The van der Waals surface area contributed by atoms with Crippen LogP contribution in [0, 0.1) is 13.8 Å². The number of hydrogen-bond acceptors (Lipinski definition) is 6. The fourth-order valence-electron chi connectivity index (χ4n) is 3.57. The number of carbonyl (C=O) groups excluding carboxylic acids is 1. The van der Waals surface area contributed by atoms with Crippen LogP contribution >= 0.6 is 11.8 Å². The summed E-state index contributed by atoms with van der Waals surface area (Å²) < 4.78 is 7.23. The second-order valence-electron chi connectivity index (χ2n) is 7.29. The van der Waals surface area contributed by atoms with Crippen LogP contribution in [0.5, 0.6) is 0 Å². The number of hydrogen-bond donors (Lipinski definition) is 1. The first-order chi connectivity index (χ1) is 14.0. The summed E-state index contributed by atoms with van der Waals surface area (Å²) in [6.45, 7) is 6.14. The van der Waals surface area contributed by atoms with Gasteiger partial charge in [0.05, 0.1) is 17.6 Å². The summed E-state index contributed by atoms with van der Waals surface area (Å²) in [5.74, 6) is 1.73. The van der Waals surface area contributed by atoms with Gasteiger partial charge in [0.15, 0.2) is 11.0 Å². The zero-order valence-corrected chi connectivity index (χ0v) is 17.8. The largest absolute Gasteiger partial charge is 0.469 e. The SMILES string of the molecule is Cc1cc(N2CCCC2)ccc1NC(=O)CSc1nnc(-c2ccoc2C)n1C. The molecule has 0 spiro atoms. The zero-order chi connectivity index (χ0) is 20.4. The monoisotopic (exact) mass is 411 g/mol. The van der Waals surface area contributed by atoms with Gasteiger partial charge < -0.3 is 19.2 Å². The zero-order valence-electron chi connectivity index (χ0n) is 16.9. The number of rotatable bonds is 6. The van der Waals surface area contributed by atoms with E-state index in [1.807, 2.05) is 37.6 Å². The second-order valence-corrected chi connectivity index (χ2v) is 8.23. The highest BCUT2D eigenvalue weighted by atomic mass is 32.2.